The number of ether oxygens (including phenoxy) is 1. The molecule has 3 rings (SSSR count). The van der Waals surface area contributed by atoms with Crippen molar-refractivity contribution in [3.63, 3.8) is 0 Å². The van der Waals surface area contributed by atoms with Gasteiger partial charge in [0, 0.05) is 32.2 Å². The normalized spacial score (nSPS) is 24.0. The van der Waals surface area contributed by atoms with Crippen LogP contribution < -0.4 is 10.6 Å². The molecule has 1 aromatic rings. The minimum atomic E-state index is 0.0177. The molecule has 20 heavy (non-hydrogen) atoms. The van der Waals surface area contributed by atoms with E-state index in [9.17, 15) is 0 Å². The van der Waals surface area contributed by atoms with E-state index in [0.717, 1.165) is 45.1 Å². The number of amidine groups is 1. The van der Waals surface area contributed by atoms with Crippen LogP contribution in [0.2, 0.25) is 0 Å². The van der Waals surface area contributed by atoms with Crippen LogP contribution in [0.1, 0.15) is 12.1 Å². The van der Waals surface area contributed by atoms with E-state index in [4.69, 9.17) is 15.9 Å². The van der Waals surface area contributed by atoms with Crippen LogP contribution in [0, 0.1) is 5.41 Å². The van der Waals surface area contributed by atoms with Gasteiger partial charge in [0.05, 0.1) is 25.1 Å². The number of nitrogen functional groups attached to an aromatic ring is 1. The van der Waals surface area contributed by atoms with Crippen molar-refractivity contribution in [2.75, 3.05) is 44.3 Å². The molecule has 0 aromatic carbocycles. The number of nitrogens with one attached hydrogen (secondary N) is 1. The van der Waals surface area contributed by atoms with E-state index in [-0.39, 0.29) is 5.84 Å². The molecule has 2 fully saturated rings. The Hall–Kier alpha value is -1.66. The molecule has 1 aromatic heterocycles. The summed E-state index contributed by atoms with van der Waals surface area (Å²) in [6.45, 7) is 5.89. The Bertz CT molecular complexity index is 469. The fourth-order valence-corrected chi connectivity index (χ4v) is 2.95. The summed E-state index contributed by atoms with van der Waals surface area (Å²) in [6.07, 6.45) is 3.01. The second-order valence-electron chi connectivity index (χ2n) is 5.35. The number of rotatable bonds is 3. The van der Waals surface area contributed by atoms with Crippen LogP contribution in [0.15, 0.2) is 18.3 Å². The Morgan fingerprint density at radius 2 is 2.10 bits per heavy atom. The van der Waals surface area contributed by atoms with Crippen LogP contribution in [-0.4, -0.2) is 61.2 Å². The van der Waals surface area contributed by atoms with E-state index in [1.807, 2.05) is 18.3 Å². The molecule has 0 saturated carbocycles. The zero-order chi connectivity index (χ0) is 13.9. The number of anilines is 1. The molecule has 0 radical (unpaired) electrons. The molecule has 6 nitrogen and oxygen atoms in total. The fourth-order valence-electron chi connectivity index (χ4n) is 2.95. The summed E-state index contributed by atoms with van der Waals surface area (Å²) in [4.78, 5) is 9.12. The zero-order valence-electron chi connectivity index (χ0n) is 11.6. The monoisotopic (exact) mass is 275 g/mol. The summed E-state index contributed by atoms with van der Waals surface area (Å²) in [5.41, 5.74) is 7.08. The standard InChI is InChI=1S/C14H21N5O/c15-14(16)13-2-1-11(9-17-13)19-4-3-12(10-19)18-5-7-20-8-6-18/h1-2,9,12H,3-8,10H2,(H3,15,16). The van der Waals surface area contributed by atoms with E-state index in [0.29, 0.717) is 11.7 Å². The first kappa shape index (κ1) is 13.3. The van der Waals surface area contributed by atoms with Crippen molar-refractivity contribution in [1.82, 2.24) is 9.88 Å². The molecular weight excluding hydrogens is 254 g/mol. The van der Waals surface area contributed by atoms with Gasteiger partial charge in [0.15, 0.2) is 0 Å². The lowest BCUT2D eigenvalue weighted by Gasteiger charge is -2.32. The molecule has 2 aliphatic heterocycles. The molecule has 0 bridgehead atoms. The second-order valence-corrected chi connectivity index (χ2v) is 5.35. The highest BCUT2D eigenvalue weighted by Gasteiger charge is 2.28. The lowest BCUT2D eigenvalue weighted by molar-refractivity contribution is 0.0209. The lowest BCUT2D eigenvalue weighted by Crippen LogP contribution is -2.44. The van der Waals surface area contributed by atoms with E-state index in [1.54, 1.807) is 0 Å². The Morgan fingerprint density at radius 3 is 2.75 bits per heavy atom. The van der Waals surface area contributed by atoms with Gasteiger partial charge in [0.25, 0.3) is 0 Å². The van der Waals surface area contributed by atoms with Crippen LogP contribution >= 0.6 is 0 Å². The molecule has 3 N–H and O–H groups in total. The van der Waals surface area contributed by atoms with Gasteiger partial charge in [0.2, 0.25) is 0 Å². The molecule has 1 unspecified atom stereocenters. The van der Waals surface area contributed by atoms with Crippen LogP contribution in [0.3, 0.4) is 0 Å². The minimum absolute atomic E-state index is 0.0177. The highest BCUT2D eigenvalue weighted by molar-refractivity contribution is 5.93. The van der Waals surface area contributed by atoms with Crippen LogP contribution in [0.4, 0.5) is 5.69 Å². The molecule has 108 valence electrons. The summed E-state index contributed by atoms with van der Waals surface area (Å²) in [7, 11) is 0. The SMILES string of the molecule is N=C(N)c1ccc(N2CCC(N3CCOCC3)C2)cn1. The summed E-state index contributed by atoms with van der Waals surface area (Å²) in [5.74, 6) is 0.0177. The van der Waals surface area contributed by atoms with Crippen LogP contribution in [-0.2, 0) is 4.74 Å². The summed E-state index contributed by atoms with van der Waals surface area (Å²) in [5, 5.41) is 7.36. The minimum Gasteiger partial charge on any atom is -0.382 e. The second kappa shape index (κ2) is 5.76. The van der Waals surface area contributed by atoms with E-state index in [1.165, 1.54) is 6.42 Å². The number of morpholine rings is 1. The van der Waals surface area contributed by atoms with Gasteiger partial charge in [-0.1, -0.05) is 0 Å². The number of nitrogens with two attached hydrogens (primary N) is 1. The van der Waals surface area contributed by atoms with Gasteiger partial charge in [-0.05, 0) is 18.6 Å². The number of nitrogens with zero attached hydrogens (tertiary/aromatic N) is 3. The molecule has 0 aliphatic carbocycles. The molecule has 2 aliphatic rings. The first-order chi connectivity index (χ1) is 9.74. The summed E-state index contributed by atoms with van der Waals surface area (Å²) < 4.78 is 5.41. The molecular formula is C14H21N5O. The van der Waals surface area contributed by atoms with Gasteiger partial charge in [-0.2, -0.15) is 0 Å². The maximum atomic E-state index is 7.36. The summed E-state index contributed by atoms with van der Waals surface area (Å²) in [6, 6.07) is 4.44. The molecule has 2 saturated heterocycles. The van der Waals surface area contributed by atoms with Gasteiger partial charge < -0.3 is 15.4 Å². The van der Waals surface area contributed by atoms with Gasteiger partial charge in [0.1, 0.15) is 11.5 Å². The van der Waals surface area contributed by atoms with Crippen molar-refractivity contribution in [3.05, 3.63) is 24.0 Å². The topological polar surface area (TPSA) is 78.5 Å². The van der Waals surface area contributed by atoms with Crippen LogP contribution in [0.25, 0.3) is 0 Å². The smallest absolute Gasteiger partial charge is 0.141 e. The highest BCUT2D eigenvalue weighted by atomic mass is 16.5. The van der Waals surface area contributed by atoms with Crippen molar-refractivity contribution in [3.8, 4) is 0 Å². The molecule has 6 heteroatoms. The third-order valence-electron chi connectivity index (χ3n) is 4.11. The maximum Gasteiger partial charge on any atom is 0.141 e. The third kappa shape index (κ3) is 2.76. The fraction of sp³-hybridized carbons (Fsp3) is 0.571. The predicted octanol–water partition coefficient (Wildman–Crippen LogP) is 0.277. The van der Waals surface area contributed by atoms with E-state index >= 15 is 0 Å². The van der Waals surface area contributed by atoms with Gasteiger partial charge in [-0.25, -0.2) is 0 Å². The number of hydrogen-bond acceptors (Lipinski definition) is 5. The molecule has 0 amide bonds. The largest absolute Gasteiger partial charge is 0.382 e. The maximum absolute atomic E-state index is 7.36. The van der Waals surface area contributed by atoms with Crippen molar-refractivity contribution in [1.29, 1.82) is 5.41 Å². The number of hydrogen-bond donors (Lipinski definition) is 2. The quantitative estimate of drug-likeness (QED) is 0.612. The van der Waals surface area contributed by atoms with E-state index < -0.39 is 0 Å². The van der Waals surface area contributed by atoms with E-state index in [2.05, 4.69) is 14.8 Å². The summed E-state index contributed by atoms with van der Waals surface area (Å²) >= 11 is 0. The average Bonchev–Trinajstić information content (AvgIpc) is 2.98. The molecule has 1 atom stereocenters. The predicted molar refractivity (Wildman–Crippen MR) is 78.3 cm³/mol. The lowest BCUT2D eigenvalue weighted by atomic mass is 10.2. The van der Waals surface area contributed by atoms with Crippen molar-refractivity contribution in [2.24, 2.45) is 5.73 Å². The first-order valence-electron chi connectivity index (χ1n) is 7.11. The number of aromatic nitrogens is 1. The van der Waals surface area contributed by atoms with Crippen molar-refractivity contribution in [2.45, 2.75) is 12.5 Å². The first-order valence-corrected chi connectivity index (χ1v) is 7.11. The Kier molecular flexibility index (Phi) is 3.84. The van der Waals surface area contributed by atoms with Gasteiger partial charge >= 0.3 is 0 Å². The Balaban J connectivity index is 1.62. The third-order valence-corrected chi connectivity index (χ3v) is 4.11. The highest BCUT2D eigenvalue weighted by Crippen LogP contribution is 2.23. The van der Waals surface area contributed by atoms with Gasteiger partial charge in [-0.15, -0.1) is 0 Å². The van der Waals surface area contributed by atoms with Crippen LogP contribution in [0.5, 0.6) is 0 Å². The molecule has 0 spiro atoms. The zero-order valence-corrected chi connectivity index (χ0v) is 11.6. The van der Waals surface area contributed by atoms with Crippen molar-refractivity contribution < 1.29 is 4.74 Å². The average molecular weight is 275 g/mol. The van der Waals surface area contributed by atoms with Crippen molar-refractivity contribution >= 4 is 11.5 Å². The molecule has 3 heterocycles. The number of pyridine rings is 1. The van der Waals surface area contributed by atoms with Gasteiger partial charge in [-0.3, -0.25) is 15.3 Å². The Labute approximate surface area is 119 Å². The Morgan fingerprint density at radius 1 is 1.30 bits per heavy atom.